The van der Waals surface area contributed by atoms with Gasteiger partial charge in [-0.15, -0.1) is 0 Å². The summed E-state index contributed by atoms with van der Waals surface area (Å²) >= 11 is 0. The summed E-state index contributed by atoms with van der Waals surface area (Å²) in [5.41, 5.74) is 1.35. The van der Waals surface area contributed by atoms with E-state index in [1.165, 1.54) is 7.11 Å². The summed E-state index contributed by atoms with van der Waals surface area (Å²) < 4.78 is 12.2. The number of rotatable bonds is 7. The summed E-state index contributed by atoms with van der Waals surface area (Å²) in [6.07, 6.45) is 1.67. The highest BCUT2D eigenvalue weighted by atomic mass is 16.5. The van der Waals surface area contributed by atoms with Crippen LogP contribution in [0.4, 0.5) is 10.5 Å². The van der Waals surface area contributed by atoms with Crippen LogP contribution in [-0.4, -0.2) is 36.5 Å². The smallest absolute Gasteiger partial charge is 0.319 e. The molecule has 0 aliphatic rings. The molecule has 0 bridgehead atoms. The molecule has 0 radical (unpaired) electrons. The first-order valence-electron chi connectivity index (χ1n) is 7.61. The first-order chi connectivity index (χ1) is 11.5. The van der Waals surface area contributed by atoms with Crippen molar-refractivity contribution in [2.24, 2.45) is 7.05 Å². The summed E-state index contributed by atoms with van der Waals surface area (Å²) in [7, 11) is 4.95. The molecule has 24 heavy (non-hydrogen) atoms. The van der Waals surface area contributed by atoms with E-state index in [-0.39, 0.29) is 6.03 Å². The Labute approximate surface area is 141 Å². The SMILES string of the molecule is COc1ccc(NC(=O)NCCC(O)c2cccn2C)c(OC)c1. The molecule has 2 rings (SSSR count). The van der Waals surface area contributed by atoms with Gasteiger partial charge in [0.25, 0.3) is 0 Å². The summed E-state index contributed by atoms with van der Waals surface area (Å²) in [5, 5.41) is 15.5. The van der Waals surface area contributed by atoms with E-state index in [9.17, 15) is 9.90 Å². The summed E-state index contributed by atoms with van der Waals surface area (Å²) in [6.45, 7) is 0.344. The number of aliphatic hydroxyl groups excluding tert-OH is 1. The largest absolute Gasteiger partial charge is 0.497 e. The Morgan fingerprint density at radius 3 is 2.71 bits per heavy atom. The number of methoxy groups -OCH3 is 2. The van der Waals surface area contributed by atoms with E-state index in [0.29, 0.717) is 30.2 Å². The third-order valence-electron chi connectivity index (χ3n) is 3.69. The van der Waals surface area contributed by atoms with E-state index in [1.54, 1.807) is 25.3 Å². The van der Waals surface area contributed by atoms with Gasteiger partial charge in [0.05, 0.1) is 26.0 Å². The topological polar surface area (TPSA) is 84.8 Å². The fraction of sp³-hybridized carbons (Fsp3) is 0.353. The number of carbonyl (C=O) groups is 1. The fourth-order valence-electron chi connectivity index (χ4n) is 2.36. The Bertz CT molecular complexity index is 684. The number of aryl methyl sites for hydroxylation is 1. The molecule has 0 fully saturated rings. The van der Waals surface area contributed by atoms with E-state index in [2.05, 4.69) is 10.6 Å². The zero-order valence-electron chi connectivity index (χ0n) is 14.1. The van der Waals surface area contributed by atoms with Crippen molar-refractivity contribution in [3.05, 3.63) is 42.2 Å². The number of nitrogens with zero attached hydrogens (tertiary/aromatic N) is 1. The molecule has 0 aliphatic heterocycles. The molecule has 130 valence electrons. The molecule has 1 atom stereocenters. The minimum Gasteiger partial charge on any atom is -0.497 e. The highest BCUT2D eigenvalue weighted by Crippen LogP contribution is 2.28. The van der Waals surface area contributed by atoms with Crippen molar-refractivity contribution in [3.63, 3.8) is 0 Å². The number of carbonyl (C=O) groups excluding carboxylic acids is 1. The van der Waals surface area contributed by atoms with Crippen LogP contribution in [0.5, 0.6) is 11.5 Å². The number of urea groups is 1. The first-order valence-corrected chi connectivity index (χ1v) is 7.61. The lowest BCUT2D eigenvalue weighted by Crippen LogP contribution is -2.30. The molecule has 2 amide bonds. The molecule has 0 saturated heterocycles. The number of anilines is 1. The van der Waals surface area contributed by atoms with E-state index in [4.69, 9.17) is 9.47 Å². The normalized spacial score (nSPS) is 11.7. The van der Waals surface area contributed by atoms with Crippen LogP contribution >= 0.6 is 0 Å². The summed E-state index contributed by atoms with van der Waals surface area (Å²) in [5.74, 6) is 1.15. The maximum atomic E-state index is 12.0. The van der Waals surface area contributed by atoms with E-state index >= 15 is 0 Å². The molecular formula is C17H23N3O4. The number of hydrogen-bond donors (Lipinski definition) is 3. The number of hydrogen-bond acceptors (Lipinski definition) is 4. The van der Waals surface area contributed by atoms with Crippen molar-refractivity contribution in [1.29, 1.82) is 0 Å². The fourth-order valence-corrected chi connectivity index (χ4v) is 2.36. The molecule has 1 aromatic carbocycles. The number of aromatic nitrogens is 1. The molecule has 1 heterocycles. The first kappa shape index (κ1) is 17.7. The van der Waals surface area contributed by atoms with Gasteiger partial charge in [0.2, 0.25) is 0 Å². The molecule has 0 saturated carbocycles. The minimum atomic E-state index is -0.624. The van der Waals surface area contributed by atoms with Crippen LogP contribution < -0.4 is 20.1 Å². The maximum absolute atomic E-state index is 12.0. The maximum Gasteiger partial charge on any atom is 0.319 e. The van der Waals surface area contributed by atoms with Crippen LogP contribution in [-0.2, 0) is 7.05 Å². The second-order valence-corrected chi connectivity index (χ2v) is 5.30. The molecule has 0 spiro atoms. The number of benzene rings is 1. The standard InChI is InChI=1S/C17H23N3O4/c1-20-10-4-5-14(20)15(21)8-9-18-17(22)19-13-7-6-12(23-2)11-16(13)24-3/h4-7,10-11,15,21H,8-9H2,1-3H3,(H2,18,19,22). The van der Waals surface area contributed by atoms with E-state index in [1.807, 2.05) is 29.9 Å². The van der Waals surface area contributed by atoms with Gasteiger partial charge < -0.3 is 29.8 Å². The van der Waals surface area contributed by atoms with Crippen molar-refractivity contribution in [1.82, 2.24) is 9.88 Å². The number of amides is 2. The lowest BCUT2D eigenvalue weighted by molar-refractivity contribution is 0.159. The average molecular weight is 333 g/mol. The van der Waals surface area contributed by atoms with Crippen molar-refractivity contribution in [3.8, 4) is 11.5 Å². The van der Waals surface area contributed by atoms with Crippen LogP contribution in [0.2, 0.25) is 0 Å². The lowest BCUT2D eigenvalue weighted by Gasteiger charge is -2.14. The summed E-state index contributed by atoms with van der Waals surface area (Å²) in [4.78, 5) is 12.0. The van der Waals surface area contributed by atoms with Crippen LogP contribution in [0.1, 0.15) is 18.2 Å². The molecule has 7 nitrogen and oxygen atoms in total. The highest BCUT2D eigenvalue weighted by Gasteiger charge is 2.12. The predicted molar refractivity (Wildman–Crippen MR) is 91.6 cm³/mol. The van der Waals surface area contributed by atoms with Crippen molar-refractivity contribution >= 4 is 11.7 Å². The van der Waals surface area contributed by atoms with Gasteiger partial charge in [-0.2, -0.15) is 0 Å². The van der Waals surface area contributed by atoms with Gasteiger partial charge in [-0.1, -0.05) is 0 Å². The Morgan fingerprint density at radius 1 is 1.29 bits per heavy atom. The second kappa shape index (κ2) is 8.26. The molecule has 0 aliphatic carbocycles. The van der Waals surface area contributed by atoms with Crippen molar-refractivity contribution in [2.45, 2.75) is 12.5 Å². The van der Waals surface area contributed by atoms with E-state index < -0.39 is 6.10 Å². The molecule has 2 aromatic rings. The summed E-state index contributed by atoms with van der Waals surface area (Å²) in [6, 6.07) is 8.49. The highest BCUT2D eigenvalue weighted by molar-refractivity contribution is 5.91. The molecule has 1 aromatic heterocycles. The lowest BCUT2D eigenvalue weighted by atomic mass is 10.2. The monoisotopic (exact) mass is 333 g/mol. The zero-order chi connectivity index (χ0) is 17.5. The predicted octanol–water partition coefficient (Wildman–Crippen LogP) is 2.29. The molecule has 7 heteroatoms. The van der Waals surface area contributed by atoms with Crippen molar-refractivity contribution in [2.75, 3.05) is 26.1 Å². The number of nitrogens with one attached hydrogen (secondary N) is 2. The van der Waals surface area contributed by atoms with Gasteiger partial charge in [0, 0.05) is 31.5 Å². The zero-order valence-corrected chi connectivity index (χ0v) is 14.1. The van der Waals surface area contributed by atoms with Crippen LogP contribution in [0.25, 0.3) is 0 Å². The van der Waals surface area contributed by atoms with Gasteiger partial charge in [0.1, 0.15) is 11.5 Å². The van der Waals surface area contributed by atoms with Gasteiger partial charge in [-0.05, 0) is 30.7 Å². The van der Waals surface area contributed by atoms with Gasteiger partial charge in [0.15, 0.2) is 0 Å². The Hall–Kier alpha value is -2.67. The molecule has 1 unspecified atom stereocenters. The molecule has 3 N–H and O–H groups in total. The average Bonchev–Trinajstić information content (AvgIpc) is 3.01. The van der Waals surface area contributed by atoms with Gasteiger partial charge in [-0.25, -0.2) is 4.79 Å². The Kier molecular flexibility index (Phi) is 6.08. The van der Waals surface area contributed by atoms with Crippen LogP contribution in [0.3, 0.4) is 0 Å². The van der Waals surface area contributed by atoms with Crippen LogP contribution in [0, 0.1) is 0 Å². The Balaban J connectivity index is 1.84. The quantitative estimate of drug-likeness (QED) is 0.726. The number of aliphatic hydroxyl groups is 1. The van der Waals surface area contributed by atoms with E-state index in [0.717, 1.165) is 5.69 Å². The number of ether oxygens (including phenoxy) is 2. The van der Waals surface area contributed by atoms with Crippen LogP contribution in [0.15, 0.2) is 36.5 Å². The van der Waals surface area contributed by atoms with Gasteiger partial charge in [-0.3, -0.25) is 0 Å². The molecular weight excluding hydrogens is 310 g/mol. The van der Waals surface area contributed by atoms with Gasteiger partial charge >= 0.3 is 6.03 Å². The third kappa shape index (κ3) is 4.42. The third-order valence-corrected chi connectivity index (χ3v) is 3.69. The van der Waals surface area contributed by atoms with Crippen molar-refractivity contribution < 1.29 is 19.4 Å². The Morgan fingerprint density at radius 2 is 2.08 bits per heavy atom. The minimum absolute atomic E-state index is 0.344. The second-order valence-electron chi connectivity index (χ2n) is 5.30.